The number of hydrogen-bond acceptors (Lipinski definition) is 5. The lowest BCUT2D eigenvalue weighted by Crippen LogP contribution is -2.44. The summed E-state index contributed by atoms with van der Waals surface area (Å²) in [7, 11) is 0. The van der Waals surface area contributed by atoms with Crippen molar-refractivity contribution in [1.29, 1.82) is 0 Å². The second-order valence-electron chi connectivity index (χ2n) is 16.2. The quantitative estimate of drug-likeness (QED) is 0.0622. The molecule has 304 valence electrons. The van der Waals surface area contributed by atoms with E-state index in [1.54, 1.807) is 0 Å². The topological polar surface area (TPSA) is 72.3 Å². The number of nitrogens with zero attached hydrogens (tertiary/aromatic N) is 4. The van der Waals surface area contributed by atoms with Crippen molar-refractivity contribution in [1.82, 2.24) is 20.4 Å². The summed E-state index contributed by atoms with van der Waals surface area (Å²) in [4.78, 5) is 26.8. The third-order valence-electron chi connectivity index (χ3n) is 11.4. The summed E-state index contributed by atoms with van der Waals surface area (Å²) in [5.74, 6) is 2.51. The van der Waals surface area contributed by atoms with Crippen molar-refractivity contribution >= 4 is 17.7 Å². The molecular formula is C45H88N6O. The molecule has 0 bridgehead atoms. The first-order valence-electron chi connectivity index (χ1n) is 23.3. The lowest BCUT2D eigenvalue weighted by atomic mass is 10.0. The second kappa shape index (κ2) is 34.9. The normalized spacial score (nSPS) is 14.3. The minimum Gasteiger partial charge on any atom is -0.357 e. The fourth-order valence-corrected chi connectivity index (χ4v) is 7.99. The number of nitrogens with one attached hydrogen (secondary N) is 2. The maximum atomic E-state index is 12.5. The molecule has 0 aromatic rings. The molecule has 2 aliphatic heterocycles. The van der Waals surface area contributed by atoms with Gasteiger partial charge in [-0.25, -0.2) is 4.79 Å². The first-order valence-corrected chi connectivity index (χ1v) is 23.3. The SMILES string of the molecule is CCCCCCCCCCCCCCCCCC1=NCCN1CCNC(=O)NCCN1CCN=C1CCCCCCCCCCCCCCCCC. The van der Waals surface area contributed by atoms with E-state index < -0.39 is 0 Å². The van der Waals surface area contributed by atoms with Crippen molar-refractivity contribution < 1.29 is 4.79 Å². The third kappa shape index (κ3) is 26.1. The summed E-state index contributed by atoms with van der Waals surface area (Å²) in [6.07, 6.45) is 44.1. The molecule has 7 nitrogen and oxygen atoms in total. The Morgan fingerprint density at radius 2 is 0.712 bits per heavy atom. The molecule has 0 saturated carbocycles. The Morgan fingerprint density at radius 1 is 0.442 bits per heavy atom. The van der Waals surface area contributed by atoms with Gasteiger partial charge in [-0.1, -0.05) is 194 Å². The highest BCUT2D eigenvalue weighted by Gasteiger charge is 2.18. The molecule has 0 aliphatic carbocycles. The van der Waals surface area contributed by atoms with E-state index >= 15 is 0 Å². The van der Waals surface area contributed by atoms with Gasteiger partial charge in [-0.05, 0) is 12.8 Å². The molecule has 0 atom stereocenters. The zero-order valence-corrected chi connectivity index (χ0v) is 35.0. The van der Waals surface area contributed by atoms with Gasteiger partial charge in [0.25, 0.3) is 0 Å². The summed E-state index contributed by atoms with van der Waals surface area (Å²) in [5.41, 5.74) is 0. The lowest BCUT2D eigenvalue weighted by Gasteiger charge is -2.22. The molecule has 2 rings (SSSR count). The van der Waals surface area contributed by atoms with Crippen molar-refractivity contribution in [2.75, 3.05) is 52.4 Å². The Hall–Kier alpha value is -1.79. The second-order valence-corrected chi connectivity index (χ2v) is 16.2. The smallest absolute Gasteiger partial charge is 0.314 e. The first kappa shape index (κ1) is 46.4. The highest BCUT2D eigenvalue weighted by molar-refractivity contribution is 5.84. The number of unbranched alkanes of at least 4 members (excludes halogenated alkanes) is 28. The first-order chi connectivity index (χ1) is 25.7. The van der Waals surface area contributed by atoms with Crippen LogP contribution in [-0.4, -0.2) is 79.9 Å². The summed E-state index contributed by atoms with van der Waals surface area (Å²) < 4.78 is 0. The van der Waals surface area contributed by atoms with Crippen LogP contribution in [0.5, 0.6) is 0 Å². The molecule has 0 aromatic heterocycles. The Balaban J connectivity index is 1.36. The van der Waals surface area contributed by atoms with E-state index in [2.05, 4.69) is 34.3 Å². The number of carbonyl (C=O) groups is 1. The van der Waals surface area contributed by atoms with E-state index in [-0.39, 0.29) is 6.03 Å². The number of rotatable bonds is 38. The van der Waals surface area contributed by atoms with Gasteiger partial charge in [0.1, 0.15) is 0 Å². The van der Waals surface area contributed by atoms with Crippen LogP contribution in [0.4, 0.5) is 4.79 Å². The van der Waals surface area contributed by atoms with Gasteiger partial charge in [0.2, 0.25) is 0 Å². The molecule has 0 fully saturated rings. The van der Waals surface area contributed by atoms with Crippen molar-refractivity contribution in [2.24, 2.45) is 9.98 Å². The van der Waals surface area contributed by atoms with Crippen LogP contribution in [-0.2, 0) is 0 Å². The fourth-order valence-electron chi connectivity index (χ4n) is 7.99. The predicted octanol–water partition coefficient (Wildman–Crippen LogP) is 12.2. The Bertz CT molecular complexity index is 808. The molecular weight excluding hydrogens is 641 g/mol. The maximum Gasteiger partial charge on any atom is 0.314 e. The maximum absolute atomic E-state index is 12.5. The van der Waals surface area contributed by atoms with Gasteiger partial charge < -0.3 is 20.4 Å². The molecule has 0 radical (unpaired) electrons. The van der Waals surface area contributed by atoms with E-state index in [0.717, 1.165) is 52.1 Å². The van der Waals surface area contributed by atoms with Gasteiger partial charge in [-0.2, -0.15) is 0 Å². The van der Waals surface area contributed by atoms with Crippen LogP contribution in [0, 0.1) is 0 Å². The Kier molecular flexibility index (Phi) is 31.2. The molecule has 7 heteroatoms. The number of amidine groups is 2. The van der Waals surface area contributed by atoms with Crippen LogP contribution in [0.3, 0.4) is 0 Å². The van der Waals surface area contributed by atoms with E-state index in [1.165, 1.54) is 204 Å². The van der Waals surface area contributed by atoms with Crippen LogP contribution >= 0.6 is 0 Å². The largest absolute Gasteiger partial charge is 0.357 e. The number of hydrogen-bond donors (Lipinski definition) is 2. The van der Waals surface area contributed by atoms with Crippen molar-refractivity contribution in [3.05, 3.63) is 0 Å². The molecule has 0 unspecified atom stereocenters. The lowest BCUT2D eigenvalue weighted by molar-refractivity contribution is 0.239. The van der Waals surface area contributed by atoms with E-state index in [9.17, 15) is 4.79 Å². The molecule has 2 heterocycles. The minimum absolute atomic E-state index is 0.0554. The summed E-state index contributed by atoms with van der Waals surface area (Å²) in [5, 5.41) is 6.15. The zero-order chi connectivity index (χ0) is 37.0. The van der Waals surface area contributed by atoms with Gasteiger partial charge in [0.05, 0.1) is 24.8 Å². The fraction of sp³-hybridized carbons (Fsp3) is 0.933. The molecule has 0 aromatic carbocycles. The number of amides is 2. The van der Waals surface area contributed by atoms with E-state index in [1.807, 2.05) is 0 Å². The van der Waals surface area contributed by atoms with Crippen LogP contribution < -0.4 is 10.6 Å². The molecule has 0 spiro atoms. The van der Waals surface area contributed by atoms with E-state index in [0.29, 0.717) is 13.1 Å². The van der Waals surface area contributed by atoms with Crippen LogP contribution in [0.15, 0.2) is 9.98 Å². The Morgan fingerprint density at radius 3 is 1.00 bits per heavy atom. The third-order valence-corrected chi connectivity index (χ3v) is 11.4. The van der Waals surface area contributed by atoms with Crippen molar-refractivity contribution in [2.45, 2.75) is 219 Å². The van der Waals surface area contributed by atoms with Gasteiger partial charge in [0.15, 0.2) is 0 Å². The summed E-state index contributed by atoms with van der Waals surface area (Å²) in [6, 6.07) is -0.0554. The number of urea groups is 1. The Labute approximate surface area is 323 Å². The summed E-state index contributed by atoms with van der Waals surface area (Å²) in [6.45, 7) is 11.4. The average Bonchev–Trinajstić information content (AvgIpc) is 3.80. The molecule has 52 heavy (non-hydrogen) atoms. The average molecular weight is 729 g/mol. The molecule has 2 aliphatic rings. The minimum atomic E-state index is -0.0554. The standard InChI is InChI=1S/C45H88N6O/c1-3-5-7-9-11-13-15-17-19-21-23-25-27-29-31-33-43-46-35-39-50(43)41-37-48-45(52)49-38-42-51-40-36-47-44(51)34-32-30-28-26-24-22-20-18-16-14-12-10-8-6-4-2/h3-42H2,1-2H3,(H2,48,49,52). The van der Waals surface area contributed by atoms with Crippen LogP contribution in [0.2, 0.25) is 0 Å². The molecule has 0 saturated heterocycles. The van der Waals surface area contributed by atoms with Gasteiger partial charge in [-0.15, -0.1) is 0 Å². The molecule has 2 N–H and O–H groups in total. The number of aliphatic imine (C=N–C) groups is 2. The van der Waals surface area contributed by atoms with Gasteiger partial charge in [-0.3, -0.25) is 9.98 Å². The molecule has 2 amide bonds. The van der Waals surface area contributed by atoms with Crippen LogP contribution in [0.25, 0.3) is 0 Å². The monoisotopic (exact) mass is 729 g/mol. The highest BCUT2D eigenvalue weighted by Crippen LogP contribution is 2.17. The predicted molar refractivity (Wildman–Crippen MR) is 228 cm³/mol. The van der Waals surface area contributed by atoms with Crippen molar-refractivity contribution in [3.63, 3.8) is 0 Å². The number of carbonyl (C=O) groups excluding carboxylic acids is 1. The zero-order valence-electron chi connectivity index (χ0n) is 35.0. The summed E-state index contributed by atoms with van der Waals surface area (Å²) >= 11 is 0. The van der Waals surface area contributed by atoms with Gasteiger partial charge in [0, 0.05) is 52.1 Å². The van der Waals surface area contributed by atoms with Crippen molar-refractivity contribution in [3.8, 4) is 0 Å². The highest BCUT2D eigenvalue weighted by atomic mass is 16.2. The van der Waals surface area contributed by atoms with Gasteiger partial charge >= 0.3 is 6.03 Å². The van der Waals surface area contributed by atoms with E-state index in [4.69, 9.17) is 9.98 Å². The van der Waals surface area contributed by atoms with Crippen LogP contribution in [0.1, 0.15) is 219 Å².